The predicted molar refractivity (Wildman–Crippen MR) is 82.0 cm³/mol. The molecule has 1 aromatic carbocycles. The number of halogens is 3. The number of hydrogen-bond donors (Lipinski definition) is 0. The topological polar surface area (TPSA) is 23.6 Å². The predicted octanol–water partition coefficient (Wildman–Crippen LogP) is 3.06. The minimum atomic E-state index is -0.647. The van der Waals surface area contributed by atoms with Crippen molar-refractivity contribution in [3.63, 3.8) is 0 Å². The zero-order valence-electron chi connectivity index (χ0n) is 11.5. The van der Waals surface area contributed by atoms with Gasteiger partial charge >= 0.3 is 0 Å². The molecular formula is C14H17BrClFN2O. The molecule has 3 nitrogen and oxygen atoms in total. The number of benzene rings is 1. The Kier molecular flexibility index (Phi) is 5.18. The molecule has 6 heteroatoms. The van der Waals surface area contributed by atoms with E-state index < -0.39 is 5.82 Å². The molecule has 1 unspecified atom stereocenters. The van der Waals surface area contributed by atoms with Gasteiger partial charge in [-0.25, -0.2) is 4.39 Å². The van der Waals surface area contributed by atoms with Crippen LogP contribution in [0.25, 0.3) is 0 Å². The molecule has 1 heterocycles. The number of nitrogens with zero attached hydrogens (tertiary/aromatic N) is 2. The van der Waals surface area contributed by atoms with Crippen molar-refractivity contribution in [2.75, 3.05) is 33.7 Å². The lowest BCUT2D eigenvalue weighted by Crippen LogP contribution is -2.44. The Morgan fingerprint density at radius 2 is 2.10 bits per heavy atom. The van der Waals surface area contributed by atoms with Crippen molar-refractivity contribution in [3.05, 3.63) is 33.0 Å². The maximum absolute atomic E-state index is 14.2. The third kappa shape index (κ3) is 3.22. The summed E-state index contributed by atoms with van der Waals surface area (Å²) in [5.41, 5.74) is 0.0605. The quantitative estimate of drug-likeness (QED) is 0.596. The van der Waals surface area contributed by atoms with Gasteiger partial charge in [-0.15, -0.1) is 0 Å². The van der Waals surface area contributed by atoms with E-state index >= 15 is 0 Å². The molecule has 2 rings (SSSR count). The summed E-state index contributed by atoms with van der Waals surface area (Å²) < 4.78 is 14.6. The van der Waals surface area contributed by atoms with E-state index in [4.69, 9.17) is 11.6 Å². The van der Waals surface area contributed by atoms with Gasteiger partial charge in [0.2, 0.25) is 0 Å². The van der Waals surface area contributed by atoms with E-state index in [1.807, 2.05) is 19.0 Å². The fraction of sp³-hybridized carbons (Fsp3) is 0.500. The van der Waals surface area contributed by atoms with Crippen LogP contribution in [0.1, 0.15) is 16.8 Å². The molecule has 1 aliphatic heterocycles. The summed E-state index contributed by atoms with van der Waals surface area (Å²) in [5.74, 6) is -0.862. The highest BCUT2D eigenvalue weighted by molar-refractivity contribution is 9.10. The first-order valence-corrected chi connectivity index (χ1v) is 7.65. The first-order chi connectivity index (χ1) is 9.41. The van der Waals surface area contributed by atoms with Crippen molar-refractivity contribution in [1.29, 1.82) is 0 Å². The lowest BCUT2D eigenvalue weighted by atomic mass is 10.0. The van der Waals surface area contributed by atoms with E-state index in [0.29, 0.717) is 11.0 Å². The van der Waals surface area contributed by atoms with Gasteiger partial charge in [0.25, 0.3) is 0 Å². The molecule has 1 aromatic rings. The molecule has 0 N–H and O–H groups in total. The van der Waals surface area contributed by atoms with Crippen LogP contribution in [-0.2, 0) is 0 Å². The Labute approximate surface area is 131 Å². The second kappa shape index (κ2) is 6.52. The Morgan fingerprint density at radius 1 is 1.40 bits per heavy atom. The Bertz CT molecular complexity index is 526. The summed E-state index contributed by atoms with van der Waals surface area (Å²) in [6.07, 6.45) is 1.00. The first kappa shape index (κ1) is 15.9. The molecule has 1 saturated heterocycles. The highest BCUT2D eigenvalue weighted by Gasteiger charge is 2.30. The zero-order chi connectivity index (χ0) is 14.9. The van der Waals surface area contributed by atoms with Crippen LogP contribution in [0.5, 0.6) is 0 Å². The largest absolute Gasteiger partial charge is 0.304 e. The van der Waals surface area contributed by atoms with Gasteiger partial charge in [-0.3, -0.25) is 9.69 Å². The fourth-order valence-electron chi connectivity index (χ4n) is 2.45. The number of Topliss-reactive ketones (excluding diaryl/α,β-unsaturated/α-hetero) is 1. The average molecular weight is 364 g/mol. The highest BCUT2D eigenvalue weighted by Crippen LogP contribution is 2.28. The van der Waals surface area contributed by atoms with E-state index in [1.165, 1.54) is 6.07 Å². The number of carbonyl (C=O) groups excluding carboxylic acids is 1. The van der Waals surface area contributed by atoms with E-state index in [0.717, 1.165) is 19.5 Å². The van der Waals surface area contributed by atoms with Gasteiger partial charge in [0.1, 0.15) is 0 Å². The van der Waals surface area contributed by atoms with Crippen molar-refractivity contribution >= 4 is 33.3 Å². The zero-order valence-corrected chi connectivity index (χ0v) is 13.8. The highest BCUT2D eigenvalue weighted by atomic mass is 79.9. The maximum Gasteiger partial charge on any atom is 0.184 e. The molecule has 0 amide bonds. The molecular weight excluding hydrogens is 347 g/mol. The Morgan fingerprint density at radius 3 is 2.80 bits per heavy atom. The van der Waals surface area contributed by atoms with Crippen molar-refractivity contribution in [1.82, 2.24) is 9.80 Å². The Balaban J connectivity index is 2.32. The molecule has 1 aliphatic rings. The van der Waals surface area contributed by atoms with Crippen LogP contribution in [0, 0.1) is 5.82 Å². The van der Waals surface area contributed by atoms with Crippen molar-refractivity contribution in [2.45, 2.75) is 12.5 Å². The molecule has 0 bridgehead atoms. The monoisotopic (exact) mass is 362 g/mol. The maximum atomic E-state index is 14.2. The van der Waals surface area contributed by atoms with Crippen LogP contribution in [0.4, 0.5) is 4.39 Å². The van der Waals surface area contributed by atoms with Crippen LogP contribution in [0.2, 0.25) is 5.02 Å². The van der Waals surface area contributed by atoms with Crippen molar-refractivity contribution < 1.29 is 9.18 Å². The van der Waals surface area contributed by atoms with Crippen LogP contribution in [-0.4, -0.2) is 55.4 Å². The van der Waals surface area contributed by atoms with Gasteiger partial charge in [0, 0.05) is 11.0 Å². The second-order valence-electron chi connectivity index (χ2n) is 5.20. The number of hydrogen-bond acceptors (Lipinski definition) is 3. The van der Waals surface area contributed by atoms with Gasteiger partial charge < -0.3 is 4.90 Å². The van der Waals surface area contributed by atoms with Crippen LogP contribution < -0.4 is 0 Å². The molecule has 0 aliphatic carbocycles. The average Bonchev–Trinajstić information content (AvgIpc) is 2.57. The molecule has 20 heavy (non-hydrogen) atoms. The van der Waals surface area contributed by atoms with Gasteiger partial charge in [-0.1, -0.05) is 11.6 Å². The number of ketones is 1. The van der Waals surface area contributed by atoms with Gasteiger partial charge in [-0.05, 0) is 61.7 Å². The SMILES string of the molecule is CN1CCCN(C)C(C(=O)c2ccc(Br)c(Cl)c2F)C1. The normalized spacial score (nSPS) is 21.8. The molecule has 0 spiro atoms. The van der Waals surface area contributed by atoms with E-state index in [9.17, 15) is 9.18 Å². The van der Waals surface area contributed by atoms with Crippen LogP contribution in [0.3, 0.4) is 0 Å². The van der Waals surface area contributed by atoms with Crippen LogP contribution >= 0.6 is 27.5 Å². The van der Waals surface area contributed by atoms with Crippen molar-refractivity contribution in [2.24, 2.45) is 0 Å². The van der Waals surface area contributed by atoms with Gasteiger partial charge in [-0.2, -0.15) is 0 Å². The fourth-order valence-corrected chi connectivity index (χ4v) is 2.92. The molecule has 1 atom stereocenters. The van der Waals surface area contributed by atoms with Gasteiger partial charge in [0.05, 0.1) is 16.6 Å². The third-order valence-corrected chi connectivity index (χ3v) is 4.93. The summed E-state index contributed by atoms with van der Waals surface area (Å²) in [6.45, 7) is 2.37. The van der Waals surface area contributed by atoms with E-state index in [2.05, 4.69) is 20.8 Å². The number of carbonyl (C=O) groups is 1. The summed E-state index contributed by atoms with van der Waals surface area (Å²) >= 11 is 9.02. The number of likely N-dealkylation sites (N-methyl/N-ethyl adjacent to an activating group) is 2. The second-order valence-corrected chi connectivity index (χ2v) is 6.43. The van der Waals surface area contributed by atoms with Gasteiger partial charge in [0.15, 0.2) is 11.6 Å². The first-order valence-electron chi connectivity index (χ1n) is 6.48. The summed E-state index contributed by atoms with van der Waals surface area (Å²) in [6, 6.07) is 2.76. The molecule has 0 radical (unpaired) electrons. The molecule has 0 saturated carbocycles. The standard InChI is InChI=1S/C14H17BrClFN2O/c1-18-6-3-7-19(2)11(8-18)14(20)9-4-5-10(15)12(16)13(9)17/h4-5,11H,3,6-8H2,1-2H3. The van der Waals surface area contributed by atoms with Crippen molar-refractivity contribution in [3.8, 4) is 0 Å². The van der Waals surface area contributed by atoms with E-state index in [-0.39, 0.29) is 22.4 Å². The van der Waals surface area contributed by atoms with Crippen LogP contribution in [0.15, 0.2) is 16.6 Å². The summed E-state index contributed by atoms with van der Waals surface area (Å²) in [7, 11) is 3.88. The summed E-state index contributed by atoms with van der Waals surface area (Å²) in [4.78, 5) is 16.7. The minimum Gasteiger partial charge on any atom is -0.304 e. The number of rotatable bonds is 2. The molecule has 0 aromatic heterocycles. The smallest absolute Gasteiger partial charge is 0.184 e. The minimum absolute atomic E-state index is 0.0412. The molecule has 1 fully saturated rings. The van der Waals surface area contributed by atoms with E-state index in [1.54, 1.807) is 6.07 Å². The molecule has 110 valence electrons. The third-order valence-electron chi connectivity index (χ3n) is 3.67. The lowest BCUT2D eigenvalue weighted by molar-refractivity contribution is 0.0835. The Hall–Kier alpha value is -0.490. The summed E-state index contributed by atoms with van der Waals surface area (Å²) in [5, 5.41) is -0.0412. The lowest BCUT2D eigenvalue weighted by Gasteiger charge is -2.26.